The lowest BCUT2D eigenvalue weighted by molar-refractivity contribution is -0.147. The highest BCUT2D eigenvalue weighted by atomic mass is 19.4. The van der Waals surface area contributed by atoms with Gasteiger partial charge in [0.05, 0.1) is 17.2 Å². The Labute approximate surface area is 185 Å². The molecule has 1 aromatic heterocycles. The molecule has 172 valence electrons. The molecule has 32 heavy (non-hydrogen) atoms. The summed E-state index contributed by atoms with van der Waals surface area (Å²) in [4.78, 5) is 17.2. The second-order valence-corrected chi connectivity index (χ2v) is 8.76. The highest BCUT2D eigenvalue weighted by Crippen LogP contribution is 2.40. The summed E-state index contributed by atoms with van der Waals surface area (Å²) < 4.78 is 46.8. The fourth-order valence-corrected chi connectivity index (χ4v) is 4.53. The molecule has 2 heterocycles. The van der Waals surface area contributed by atoms with E-state index in [1.165, 1.54) is 6.20 Å². The second-order valence-electron chi connectivity index (χ2n) is 8.76. The minimum Gasteiger partial charge on any atom is -0.487 e. The third-order valence-electron chi connectivity index (χ3n) is 6.36. The number of likely N-dealkylation sites (tertiary alicyclic amines) is 1. The first-order chi connectivity index (χ1) is 15.3. The average molecular weight is 448 g/mol. The number of carboxylic acids is 1. The number of hydrogen-bond donors (Lipinski definition) is 1. The van der Waals surface area contributed by atoms with E-state index in [9.17, 15) is 18.0 Å². The smallest absolute Gasteiger partial charge is 0.416 e. The van der Waals surface area contributed by atoms with Gasteiger partial charge < -0.3 is 9.84 Å². The zero-order chi connectivity index (χ0) is 22.7. The highest BCUT2D eigenvalue weighted by Gasteiger charge is 2.36. The van der Waals surface area contributed by atoms with Crippen molar-refractivity contribution in [2.75, 3.05) is 13.1 Å². The number of benzene rings is 1. The SMILES string of the molecule is O=C(O)C1CN(Cc2ccc(OCc3cc(C(F)(F)F)c(C4CCCCC4)cn3)cc2)C1. The monoisotopic (exact) mass is 448 g/mol. The van der Waals surface area contributed by atoms with E-state index in [0.29, 0.717) is 30.9 Å². The summed E-state index contributed by atoms with van der Waals surface area (Å²) in [5, 5.41) is 8.94. The predicted molar refractivity (Wildman–Crippen MR) is 112 cm³/mol. The van der Waals surface area contributed by atoms with Crippen molar-refractivity contribution in [3.05, 3.63) is 58.9 Å². The van der Waals surface area contributed by atoms with Gasteiger partial charge in [-0.05, 0) is 48.1 Å². The molecule has 1 N–H and O–H groups in total. The van der Waals surface area contributed by atoms with Crippen LogP contribution in [0.15, 0.2) is 36.5 Å². The van der Waals surface area contributed by atoms with Gasteiger partial charge in [-0.15, -0.1) is 0 Å². The Hall–Kier alpha value is -2.61. The summed E-state index contributed by atoms with van der Waals surface area (Å²) in [5.74, 6) is -0.588. The van der Waals surface area contributed by atoms with Crippen molar-refractivity contribution in [3.8, 4) is 5.75 Å². The first-order valence-electron chi connectivity index (χ1n) is 11.0. The van der Waals surface area contributed by atoms with Crippen LogP contribution in [0, 0.1) is 5.92 Å². The molecule has 0 bridgehead atoms. The molecular weight excluding hydrogens is 421 g/mol. The zero-order valence-electron chi connectivity index (χ0n) is 17.8. The van der Waals surface area contributed by atoms with Gasteiger partial charge in [-0.2, -0.15) is 13.2 Å². The molecule has 5 nitrogen and oxygen atoms in total. The number of rotatable bonds is 7. The molecule has 1 saturated heterocycles. The van der Waals surface area contributed by atoms with Crippen LogP contribution in [0.3, 0.4) is 0 Å². The molecule has 1 saturated carbocycles. The number of halogens is 3. The maximum absolute atomic E-state index is 13.7. The second kappa shape index (κ2) is 9.48. The first-order valence-corrected chi connectivity index (χ1v) is 11.0. The molecule has 4 rings (SSSR count). The third kappa shape index (κ3) is 5.41. The van der Waals surface area contributed by atoms with Gasteiger partial charge in [-0.1, -0.05) is 31.4 Å². The minimum atomic E-state index is -4.41. The van der Waals surface area contributed by atoms with E-state index < -0.39 is 17.7 Å². The Kier molecular flexibility index (Phi) is 6.69. The summed E-state index contributed by atoms with van der Waals surface area (Å²) in [6, 6.07) is 8.42. The van der Waals surface area contributed by atoms with Crippen molar-refractivity contribution < 1.29 is 27.8 Å². The van der Waals surface area contributed by atoms with Crippen LogP contribution < -0.4 is 4.74 Å². The Morgan fingerprint density at radius 1 is 1.12 bits per heavy atom. The third-order valence-corrected chi connectivity index (χ3v) is 6.36. The van der Waals surface area contributed by atoms with Gasteiger partial charge in [-0.3, -0.25) is 14.7 Å². The van der Waals surface area contributed by atoms with Gasteiger partial charge in [0.2, 0.25) is 0 Å². The molecule has 1 aliphatic carbocycles. The Morgan fingerprint density at radius 3 is 2.44 bits per heavy atom. The molecule has 0 radical (unpaired) electrons. The molecule has 2 aliphatic rings. The van der Waals surface area contributed by atoms with E-state index in [0.717, 1.165) is 43.7 Å². The number of ether oxygens (including phenoxy) is 1. The number of hydrogen-bond acceptors (Lipinski definition) is 4. The van der Waals surface area contributed by atoms with E-state index in [2.05, 4.69) is 4.98 Å². The van der Waals surface area contributed by atoms with Gasteiger partial charge in [0.15, 0.2) is 0 Å². The van der Waals surface area contributed by atoms with Crippen LogP contribution in [0.1, 0.15) is 60.4 Å². The Morgan fingerprint density at radius 2 is 1.81 bits per heavy atom. The van der Waals surface area contributed by atoms with E-state index in [1.54, 1.807) is 12.1 Å². The van der Waals surface area contributed by atoms with E-state index >= 15 is 0 Å². The van der Waals surface area contributed by atoms with Crippen LogP contribution >= 0.6 is 0 Å². The van der Waals surface area contributed by atoms with Crippen LogP contribution in [0.25, 0.3) is 0 Å². The molecule has 0 amide bonds. The first kappa shape index (κ1) is 22.6. The number of aromatic nitrogens is 1. The Balaban J connectivity index is 1.36. The molecule has 0 unspecified atom stereocenters. The number of carbonyl (C=O) groups is 1. The molecular formula is C24H27F3N2O3. The fraction of sp³-hybridized carbons (Fsp3) is 0.500. The van der Waals surface area contributed by atoms with Gasteiger partial charge in [0.25, 0.3) is 0 Å². The summed E-state index contributed by atoms with van der Waals surface area (Å²) in [7, 11) is 0. The van der Waals surface area contributed by atoms with Gasteiger partial charge in [0.1, 0.15) is 12.4 Å². The topological polar surface area (TPSA) is 62.7 Å². The number of nitrogens with zero attached hydrogens (tertiary/aromatic N) is 2. The molecule has 2 aromatic rings. The molecule has 0 spiro atoms. The summed E-state index contributed by atoms with van der Waals surface area (Å²) in [6.07, 6.45) is 1.53. The minimum absolute atomic E-state index is 0.0419. The van der Waals surface area contributed by atoms with E-state index in [-0.39, 0.29) is 24.1 Å². The van der Waals surface area contributed by atoms with Crippen molar-refractivity contribution >= 4 is 5.97 Å². The maximum Gasteiger partial charge on any atom is 0.416 e. The van der Waals surface area contributed by atoms with Gasteiger partial charge in [0, 0.05) is 25.8 Å². The maximum atomic E-state index is 13.7. The van der Waals surface area contributed by atoms with Crippen LogP contribution in [0.2, 0.25) is 0 Å². The average Bonchev–Trinajstić information content (AvgIpc) is 2.75. The quantitative estimate of drug-likeness (QED) is 0.627. The van der Waals surface area contributed by atoms with Crippen molar-refractivity contribution in [2.45, 2.75) is 57.3 Å². The van der Waals surface area contributed by atoms with Crippen LogP contribution in [0.5, 0.6) is 5.75 Å². The van der Waals surface area contributed by atoms with Crippen LogP contribution in [-0.4, -0.2) is 34.0 Å². The lowest BCUT2D eigenvalue weighted by atomic mass is 9.82. The molecule has 8 heteroatoms. The lowest BCUT2D eigenvalue weighted by Gasteiger charge is -2.36. The highest BCUT2D eigenvalue weighted by molar-refractivity contribution is 5.71. The predicted octanol–water partition coefficient (Wildman–Crippen LogP) is 5.24. The standard InChI is InChI=1S/C24H27F3N2O3/c25-24(26,27)22-10-19(28-11-21(22)17-4-2-1-3-5-17)15-32-20-8-6-16(7-9-20)12-29-13-18(14-29)23(30)31/h6-11,17-18H,1-5,12-15H2,(H,30,31). The normalized spacial score (nSPS) is 18.3. The number of carboxylic acid groups (broad SMARTS) is 1. The Bertz CT molecular complexity index is 934. The summed E-state index contributed by atoms with van der Waals surface area (Å²) in [5.41, 5.74) is 0.987. The molecule has 0 atom stereocenters. The van der Waals surface area contributed by atoms with Crippen LogP contribution in [-0.2, 0) is 24.1 Å². The molecule has 1 aromatic carbocycles. The number of alkyl halides is 3. The van der Waals surface area contributed by atoms with E-state index in [4.69, 9.17) is 9.84 Å². The fourth-order valence-electron chi connectivity index (χ4n) is 4.53. The zero-order valence-corrected chi connectivity index (χ0v) is 17.8. The summed E-state index contributed by atoms with van der Waals surface area (Å²) in [6.45, 7) is 1.69. The summed E-state index contributed by atoms with van der Waals surface area (Å²) >= 11 is 0. The van der Waals surface area contributed by atoms with Crippen molar-refractivity contribution in [1.82, 2.24) is 9.88 Å². The largest absolute Gasteiger partial charge is 0.487 e. The molecule has 2 fully saturated rings. The van der Waals surface area contributed by atoms with Gasteiger partial charge >= 0.3 is 12.1 Å². The van der Waals surface area contributed by atoms with Crippen molar-refractivity contribution in [2.24, 2.45) is 5.92 Å². The number of pyridine rings is 1. The van der Waals surface area contributed by atoms with Crippen LogP contribution in [0.4, 0.5) is 13.2 Å². The van der Waals surface area contributed by atoms with Gasteiger partial charge in [-0.25, -0.2) is 0 Å². The van der Waals surface area contributed by atoms with Crippen molar-refractivity contribution in [1.29, 1.82) is 0 Å². The number of aliphatic carboxylic acids is 1. The lowest BCUT2D eigenvalue weighted by Crippen LogP contribution is -2.49. The van der Waals surface area contributed by atoms with Crippen molar-refractivity contribution in [3.63, 3.8) is 0 Å². The van der Waals surface area contributed by atoms with E-state index in [1.807, 2.05) is 17.0 Å². The molecule has 1 aliphatic heterocycles.